The molecule has 0 heterocycles. The molecule has 0 saturated heterocycles. The van der Waals surface area contributed by atoms with Gasteiger partial charge in [-0.3, -0.25) is 9.59 Å². The molecule has 3 aromatic carbocycles. The molecule has 11 heteroatoms. The van der Waals surface area contributed by atoms with Gasteiger partial charge in [-0.1, -0.05) is 103 Å². The molecule has 0 unspecified atom stereocenters. The van der Waals surface area contributed by atoms with Crippen molar-refractivity contribution >= 4 is 23.9 Å². The van der Waals surface area contributed by atoms with Crippen LogP contribution in [-0.2, 0) is 48.2 Å². The second kappa shape index (κ2) is 22.4. The summed E-state index contributed by atoms with van der Waals surface area (Å²) in [5, 5.41) is 18.0. The topological polar surface area (TPSA) is 152 Å². The van der Waals surface area contributed by atoms with E-state index in [0.717, 1.165) is 16.7 Å². The summed E-state index contributed by atoms with van der Waals surface area (Å²) in [4.78, 5) is 52.0. The molecule has 4 atom stereocenters. The Bertz CT molecular complexity index is 1490. The first kappa shape index (κ1) is 39.2. The van der Waals surface area contributed by atoms with E-state index in [2.05, 4.69) is 29.1 Å². The van der Waals surface area contributed by atoms with Crippen LogP contribution >= 0.6 is 0 Å². The number of hydrogen-bond acceptors (Lipinski definition) is 8. The molecule has 0 aliphatic carbocycles. The summed E-state index contributed by atoms with van der Waals surface area (Å²) < 4.78 is 16.7. The zero-order valence-electron chi connectivity index (χ0n) is 28.2. The van der Waals surface area contributed by atoms with Crippen LogP contribution in [-0.4, -0.2) is 66.9 Å². The van der Waals surface area contributed by atoms with Crippen LogP contribution in [0.15, 0.2) is 116 Å². The van der Waals surface area contributed by atoms with Gasteiger partial charge in [0.1, 0.15) is 19.3 Å². The number of allylic oxidation sites excluding steroid dienone is 1. The smallest absolute Gasteiger partial charge is 0.408 e. The fourth-order valence-electron chi connectivity index (χ4n) is 4.97. The van der Waals surface area contributed by atoms with Crippen molar-refractivity contribution in [1.29, 1.82) is 0 Å². The molecule has 0 spiro atoms. The number of aliphatic hydroxyl groups excluding tert-OH is 1. The lowest BCUT2D eigenvalue weighted by molar-refractivity contribution is -0.148. The zero-order valence-corrected chi connectivity index (χ0v) is 28.2. The standard InChI is InChI=1S/C39H47N3O8/c1-3-14-32(23-36(44)40-33(24-43)22-29-16-8-5-9-17-29)37(45)41-34(27-48-25-30-18-10-6-11-19-30)28-49-38(46)35(15-4-2)42-39(47)50-26-31-20-12-7-13-21-31/h3-13,16-21,32-35,43H,1-2,14-15,22-28H2,(H,40,44)(H,41,45)(H,42,47)/t32-,33+,34+,35-/m1/s1. The molecule has 50 heavy (non-hydrogen) atoms. The molecule has 0 bridgehead atoms. The maximum Gasteiger partial charge on any atom is 0.408 e. The highest BCUT2D eigenvalue weighted by molar-refractivity contribution is 5.86. The molecule has 11 nitrogen and oxygen atoms in total. The summed E-state index contributed by atoms with van der Waals surface area (Å²) in [6.45, 7) is 7.12. The van der Waals surface area contributed by atoms with Gasteiger partial charge in [0, 0.05) is 6.42 Å². The van der Waals surface area contributed by atoms with Gasteiger partial charge >= 0.3 is 12.1 Å². The number of carbonyl (C=O) groups excluding carboxylic acids is 4. The summed E-state index contributed by atoms with van der Waals surface area (Å²) in [5.41, 5.74) is 2.65. The fraction of sp³-hybridized carbons (Fsp3) is 0.333. The molecular formula is C39H47N3O8. The molecule has 4 N–H and O–H groups in total. The van der Waals surface area contributed by atoms with Crippen LogP contribution in [0.2, 0.25) is 0 Å². The Balaban J connectivity index is 1.61. The van der Waals surface area contributed by atoms with Gasteiger partial charge in [0.25, 0.3) is 0 Å². The Morgan fingerprint density at radius 3 is 1.84 bits per heavy atom. The number of aliphatic hydroxyl groups is 1. The number of rotatable bonds is 22. The second-order valence-corrected chi connectivity index (χ2v) is 11.7. The van der Waals surface area contributed by atoms with Crippen LogP contribution in [0.4, 0.5) is 4.79 Å². The van der Waals surface area contributed by atoms with Gasteiger partial charge in [-0.15, -0.1) is 13.2 Å². The minimum Gasteiger partial charge on any atom is -0.462 e. The molecule has 3 aromatic rings. The number of hydrogen-bond donors (Lipinski definition) is 4. The highest BCUT2D eigenvalue weighted by Crippen LogP contribution is 2.13. The van der Waals surface area contributed by atoms with Crippen LogP contribution in [0.3, 0.4) is 0 Å². The van der Waals surface area contributed by atoms with E-state index in [0.29, 0.717) is 6.42 Å². The number of nitrogens with one attached hydrogen (secondary N) is 3. The van der Waals surface area contributed by atoms with Crippen LogP contribution < -0.4 is 16.0 Å². The van der Waals surface area contributed by atoms with E-state index in [4.69, 9.17) is 14.2 Å². The van der Waals surface area contributed by atoms with E-state index in [1.165, 1.54) is 6.08 Å². The first-order chi connectivity index (χ1) is 24.3. The maximum atomic E-state index is 13.5. The first-order valence-corrected chi connectivity index (χ1v) is 16.5. The lowest BCUT2D eigenvalue weighted by Gasteiger charge is -2.24. The molecule has 266 valence electrons. The summed E-state index contributed by atoms with van der Waals surface area (Å²) >= 11 is 0. The second-order valence-electron chi connectivity index (χ2n) is 11.7. The molecule has 3 rings (SSSR count). The van der Waals surface area contributed by atoms with Crippen molar-refractivity contribution in [3.63, 3.8) is 0 Å². The number of carbonyl (C=O) groups is 4. The van der Waals surface area contributed by atoms with E-state index in [1.807, 2.05) is 78.9 Å². The highest BCUT2D eigenvalue weighted by Gasteiger charge is 2.27. The monoisotopic (exact) mass is 685 g/mol. The van der Waals surface area contributed by atoms with Crippen molar-refractivity contribution in [3.05, 3.63) is 133 Å². The third-order valence-corrected chi connectivity index (χ3v) is 7.56. The van der Waals surface area contributed by atoms with Crippen LogP contribution in [0.1, 0.15) is 36.0 Å². The average molecular weight is 686 g/mol. The molecule has 3 amide bonds. The lowest BCUT2D eigenvalue weighted by Crippen LogP contribution is -2.48. The molecule has 0 aliphatic rings. The average Bonchev–Trinajstić information content (AvgIpc) is 3.13. The van der Waals surface area contributed by atoms with Gasteiger partial charge in [-0.2, -0.15) is 0 Å². The first-order valence-electron chi connectivity index (χ1n) is 16.5. The van der Waals surface area contributed by atoms with E-state index < -0.39 is 47.9 Å². The van der Waals surface area contributed by atoms with Crippen molar-refractivity contribution in [3.8, 4) is 0 Å². The molecule has 0 aromatic heterocycles. The van der Waals surface area contributed by atoms with E-state index in [1.54, 1.807) is 18.2 Å². The number of alkyl carbamates (subject to hydrolysis) is 1. The summed E-state index contributed by atoms with van der Waals surface area (Å²) in [6, 6.07) is 25.6. The largest absolute Gasteiger partial charge is 0.462 e. The van der Waals surface area contributed by atoms with Crippen molar-refractivity contribution in [2.24, 2.45) is 5.92 Å². The summed E-state index contributed by atoms with van der Waals surface area (Å²) in [7, 11) is 0. The van der Waals surface area contributed by atoms with Gasteiger partial charge in [0.15, 0.2) is 0 Å². The molecule has 0 saturated carbocycles. The van der Waals surface area contributed by atoms with E-state index >= 15 is 0 Å². The fourth-order valence-corrected chi connectivity index (χ4v) is 4.97. The number of ether oxygens (including phenoxy) is 3. The van der Waals surface area contributed by atoms with Crippen molar-refractivity contribution in [1.82, 2.24) is 16.0 Å². The number of benzene rings is 3. The SMILES string of the molecule is C=CC[C@H](CC(=O)N[C@H](CO)Cc1ccccc1)C(=O)N[C@@H](COCc1ccccc1)COC(=O)[C@@H](CC=C)NC(=O)OCc1ccccc1. The normalized spacial score (nSPS) is 13.1. The van der Waals surface area contributed by atoms with Crippen molar-refractivity contribution < 1.29 is 38.5 Å². The van der Waals surface area contributed by atoms with Crippen LogP contribution in [0.5, 0.6) is 0 Å². The molecule has 0 radical (unpaired) electrons. The van der Waals surface area contributed by atoms with Gasteiger partial charge < -0.3 is 35.3 Å². The van der Waals surface area contributed by atoms with Gasteiger partial charge in [0.2, 0.25) is 11.8 Å². The Labute approximate surface area is 293 Å². The Morgan fingerprint density at radius 1 is 0.680 bits per heavy atom. The third-order valence-electron chi connectivity index (χ3n) is 7.56. The minimum atomic E-state index is -1.08. The predicted molar refractivity (Wildman–Crippen MR) is 189 cm³/mol. The van der Waals surface area contributed by atoms with Crippen LogP contribution in [0, 0.1) is 5.92 Å². The predicted octanol–water partition coefficient (Wildman–Crippen LogP) is 4.40. The van der Waals surface area contributed by atoms with Crippen molar-refractivity contribution in [2.75, 3.05) is 19.8 Å². The number of esters is 1. The van der Waals surface area contributed by atoms with Crippen LogP contribution in [0.25, 0.3) is 0 Å². The molecule has 0 fully saturated rings. The summed E-state index contributed by atoms with van der Waals surface area (Å²) in [6.07, 6.45) is 2.78. The van der Waals surface area contributed by atoms with Crippen molar-refractivity contribution in [2.45, 2.75) is 57.0 Å². The van der Waals surface area contributed by atoms with Gasteiger partial charge in [-0.05, 0) is 36.0 Å². The van der Waals surface area contributed by atoms with Gasteiger partial charge in [-0.25, -0.2) is 9.59 Å². The zero-order chi connectivity index (χ0) is 36.0. The molecule has 0 aliphatic heterocycles. The Kier molecular flexibility index (Phi) is 17.5. The molecular weight excluding hydrogens is 638 g/mol. The maximum absolute atomic E-state index is 13.5. The Morgan fingerprint density at radius 2 is 1.26 bits per heavy atom. The van der Waals surface area contributed by atoms with E-state index in [-0.39, 0.29) is 52.3 Å². The Hall–Kier alpha value is -5.26. The minimum absolute atomic E-state index is 0.0107. The summed E-state index contributed by atoms with van der Waals surface area (Å²) in [5.74, 6) is -2.40. The quantitative estimate of drug-likeness (QED) is 0.0898. The lowest BCUT2D eigenvalue weighted by atomic mass is 9.98. The van der Waals surface area contributed by atoms with Gasteiger partial charge in [0.05, 0.1) is 37.8 Å². The highest BCUT2D eigenvalue weighted by atomic mass is 16.6. The van der Waals surface area contributed by atoms with E-state index in [9.17, 15) is 24.3 Å². The third kappa shape index (κ3) is 14.9. The number of amides is 3.